The second-order valence-electron chi connectivity index (χ2n) is 8.02. The van der Waals surface area contributed by atoms with Crippen molar-refractivity contribution < 1.29 is 38.2 Å². The Labute approximate surface area is 208 Å². The summed E-state index contributed by atoms with van der Waals surface area (Å²) in [6.07, 6.45) is 0.137. The minimum Gasteiger partial charge on any atom is -0.383 e. The molecule has 5 N–H and O–H groups in total. The van der Waals surface area contributed by atoms with Crippen molar-refractivity contribution in [3.05, 3.63) is 29.3 Å². The molecule has 1 atom stereocenters. The third kappa shape index (κ3) is 7.07. The summed E-state index contributed by atoms with van der Waals surface area (Å²) >= 11 is 0. The number of rotatable bonds is 15. The maximum absolute atomic E-state index is 13.0. The highest BCUT2D eigenvalue weighted by atomic mass is 16.5. The minimum atomic E-state index is -1.03. The Hall–Kier alpha value is -3.39. The van der Waals surface area contributed by atoms with Crippen molar-refractivity contribution in [3.63, 3.8) is 0 Å². The second kappa shape index (κ2) is 13.6. The van der Waals surface area contributed by atoms with E-state index in [4.69, 9.17) is 19.9 Å². The number of amides is 5. The SMILES string of the molecule is NCCOCCOCCOCC(=O)NCCNc1cccc2c1C(=O)N(C1CCC(=O)NC1=O)C2=O. The number of ether oxygens (including phenoxy) is 3. The van der Waals surface area contributed by atoms with Gasteiger partial charge in [0.1, 0.15) is 12.6 Å². The van der Waals surface area contributed by atoms with E-state index in [9.17, 15) is 24.0 Å². The van der Waals surface area contributed by atoms with Gasteiger partial charge in [-0.2, -0.15) is 0 Å². The molecule has 196 valence electrons. The number of hydrogen-bond donors (Lipinski definition) is 4. The summed E-state index contributed by atoms with van der Waals surface area (Å²) in [5, 5.41) is 7.91. The lowest BCUT2D eigenvalue weighted by Crippen LogP contribution is -2.54. The number of nitrogens with zero attached hydrogens (tertiary/aromatic N) is 1. The zero-order valence-electron chi connectivity index (χ0n) is 19.9. The molecular weight excluding hydrogens is 474 g/mol. The van der Waals surface area contributed by atoms with Gasteiger partial charge in [0.25, 0.3) is 11.8 Å². The van der Waals surface area contributed by atoms with Gasteiger partial charge in [0, 0.05) is 31.7 Å². The third-order valence-corrected chi connectivity index (χ3v) is 5.47. The van der Waals surface area contributed by atoms with Crippen LogP contribution in [0.15, 0.2) is 18.2 Å². The van der Waals surface area contributed by atoms with Crippen molar-refractivity contribution in [2.45, 2.75) is 18.9 Å². The average Bonchev–Trinajstić information content (AvgIpc) is 3.11. The van der Waals surface area contributed by atoms with E-state index >= 15 is 0 Å². The number of piperidine rings is 1. The van der Waals surface area contributed by atoms with Crippen LogP contribution in [0.2, 0.25) is 0 Å². The standard InChI is InChI=1S/C23H31N5O8/c24-6-9-34-10-11-35-12-13-36-14-19(30)26-8-7-25-16-3-1-2-15-20(16)23(33)28(22(15)32)17-4-5-18(29)27-21(17)31/h1-3,17,25H,4-14,24H2,(H,26,30)(H,27,29,31). The van der Waals surface area contributed by atoms with Crippen molar-refractivity contribution >= 4 is 35.2 Å². The molecule has 2 aliphatic rings. The molecule has 0 aliphatic carbocycles. The maximum atomic E-state index is 13.0. The van der Waals surface area contributed by atoms with E-state index in [1.807, 2.05) is 0 Å². The molecule has 13 nitrogen and oxygen atoms in total. The molecule has 2 heterocycles. The van der Waals surface area contributed by atoms with E-state index in [0.29, 0.717) is 38.7 Å². The number of imide groups is 2. The van der Waals surface area contributed by atoms with E-state index in [1.165, 1.54) is 6.07 Å². The Kier molecular flexibility index (Phi) is 10.3. The van der Waals surface area contributed by atoms with E-state index in [0.717, 1.165) is 4.90 Å². The molecule has 36 heavy (non-hydrogen) atoms. The monoisotopic (exact) mass is 505 g/mol. The molecule has 1 aromatic carbocycles. The van der Waals surface area contributed by atoms with Gasteiger partial charge in [-0.1, -0.05) is 6.07 Å². The molecule has 1 saturated heterocycles. The molecule has 1 unspecified atom stereocenters. The Morgan fingerprint density at radius 1 is 1.00 bits per heavy atom. The number of carbonyl (C=O) groups excluding carboxylic acids is 5. The fourth-order valence-corrected chi connectivity index (χ4v) is 3.80. The van der Waals surface area contributed by atoms with Crippen LogP contribution in [0.5, 0.6) is 0 Å². The van der Waals surface area contributed by atoms with Gasteiger partial charge in [0.2, 0.25) is 17.7 Å². The zero-order valence-corrected chi connectivity index (χ0v) is 19.9. The molecule has 1 aromatic rings. The smallest absolute Gasteiger partial charge is 0.264 e. The number of benzene rings is 1. The summed E-state index contributed by atoms with van der Waals surface area (Å²) < 4.78 is 15.7. The van der Waals surface area contributed by atoms with E-state index in [2.05, 4.69) is 16.0 Å². The Balaban J connectivity index is 1.39. The van der Waals surface area contributed by atoms with Crippen molar-refractivity contribution in [2.24, 2.45) is 5.73 Å². The molecule has 0 radical (unpaired) electrons. The largest absolute Gasteiger partial charge is 0.383 e. The lowest BCUT2D eigenvalue weighted by Gasteiger charge is -2.27. The number of nitrogens with two attached hydrogens (primary N) is 1. The molecule has 1 fully saturated rings. The molecule has 2 aliphatic heterocycles. The van der Waals surface area contributed by atoms with E-state index in [1.54, 1.807) is 12.1 Å². The zero-order chi connectivity index (χ0) is 25.9. The summed E-state index contributed by atoms with van der Waals surface area (Å²) in [6, 6.07) is 3.75. The molecule has 5 amide bonds. The highest BCUT2D eigenvalue weighted by molar-refractivity contribution is 6.25. The second-order valence-corrected chi connectivity index (χ2v) is 8.02. The first-order valence-electron chi connectivity index (χ1n) is 11.7. The maximum Gasteiger partial charge on any atom is 0.264 e. The van der Waals surface area contributed by atoms with Gasteiger partial charge in [-0.3, -0.25) is 34.2 Å². The first kappa shape index (κ1) is 27.2. The van der Waals surface area contributed by atoms with Crippen molar-refractivity contribution in [1.82, 2.24) is 15.5 Å². The van der Waals surface area contributed by atoms with Crippen molar-refractivity contribution in [1.29, 1.82) is 0 Å². The quantitative estimate of drug-likeness (QED) is 0.164. The number of hydrogen-bond acceptors (Lipinski definition) is 10. The van der Waals surface area contributed by atoms with Gasteiger partial charge in [0.15, 0.2) is 0 Å². The van der Waals surface area contributed by atoms with E-state index < -0.39 is 29.7 Å². The molecule has 0 bridgehead atoms. The first-order chi connectivity index (χ1) is 17.4. The summed E-state index contributed by atoms with van der Waals surface area (Å²) in [6.45, 7) is 2.82. The Bertz CT molecular complexity index is 985. The van der Waals surface area contributed by atoms with Gasteiger partial charge in [-0.25, -0.2) is 0 Å². The number of anilines is 1. The first-order valence-corrected chi connectivity index (χ1v) is 11.7. The van der Waals surface area contributed by atoms with Crippen LogP contribution in [0, 0.1) is 0 Å². The van der Waals surface area contributed by atoms with E-state index in [-0.39, 0.29) is 56.2 Å². The molecular formula is C23H31N5O8. The Morgan fingerprint density at radius 2 is 1.72 bits per heavy atom. The normalized spacial score (nSPS) is 17.2. The molecule has 13 heteroatoms. The van der Waals surface area contributed by atoms with Gasteiger partial charge in [0.05, 0.1) is 44.2 Å². The van der Waals surface area contributed by atoms with Gasteiger partial charge < -0.3 is 30.6 Å². The summed E-state index contributed by atoms with van der Waals surface area (Å²) in [7, 11) is 0. The topological polar surface area (TPSA) is 178 Å². The lowest BCUT2D eigenvalue weighted by atomic mass is 10.0. The number of carbonyl (C=O) groups is 5. The predicted molar refractivity (Wildman–Crippen MR) is 126 cm³/mol. The fourth-order valence-electron chi connectivity index (χ4n) is 3.80. The van der Waals surface area contributed by atoms with Crippen LogP contribution in [0.1, 0.15) is 33.6 Å². The van der Waals surface area contributed by atoms with Gasteiger partial charge in [-0.15, -0.1) is 0 Å². The average molecular weight is 506 g/mol. The number of fused-ring (bicyclic) bond motifs is 1. The molecule has 0 spiro atoms. The predicted octanol–water partition coefficient (Wildman–Crippen LogP) is -1.38. The molecule has 3 rings (SSSR count). The van der Waals surface area contributed by atoms with Crippen LogP contribution < -0.4 is 21.7 Å². The van der Waals surface area contributed by atoms with Crippen LogP contribution in [0.4, 0.5) is 5.69 Å². The highest BCUT2D eigenvalue weighted by Gasteiger charge is 2.45. The van der Waals surface area contributed by atoms with Crippen LogP contribution in [0.3, 0.4) is 0 Å². The van der Waals surface area contributed by atoms with Crippen molar-refractivity contribution in [2.75, 3.05) is 64.6 Å². The van der Waals surface area contributed by atoms with Crippen LogP contribution in [0.25, 0.3) is 0 Å². The van der Waals surface area contributed by atoms with Gasteiger partial charge >= 0.3 is 0 Å². The Morgan fingerprint density at radius 3 is 2.44 bits per heavy atom. The van der Waals surface area contributed by atoms with Crippen LogP contribution in [-0.4, -0.2) is 99.8 Å². The van der Waals surface area contributed by atoms with Gasteiger partial charge in [-0.05, 0) is 18.6 Å². The van der Waals surface area contributed by atoms with Crippen molar-refractivity contribution in [3.8, 4) is 0 Å². The number of nitrogens with one attached hydrogen (secondary N) is 3. The highest BCUT2D eigenvalue weighted by Crippen LogP contribution is 2.32. The van der Waals surface area contributed by atoms with Crippen LogP contribution in [-0.2, 0) is 28.6 Å². The molecule has 0 saturated carbocycles. The van der Waals surface area contributed by atoms with Crippen LogP contribution >= 0.6 is 0 Å². The summed E-state index contributed by atoms with van der Waals surface area (Å²) in [5.41, 5.74) is 6.06. The third-order valence-electron chi connectivity index (χ3n) is 5.47. The minimum absolute atomic E-state index is 0.0511. The summed E-state index contributed by atoms with van der Waals surface area (Å²) in [4.78, 5) is 62.4. The summed E-state index contributed by atoms with van der Waals surface area (Å²) in [5.74, 6) is -2.58. The molecule has 0 aromatic heterocycles. The lowest BCUT2D eigenvalue weighted by molar-refractivity contribution is -0.136. The fraction of sp³-hybridized carbons (Fsp3) is 0.522.